The maximum Gasteiger partial charge on any atom is 0.105 e. The molecule has 0 spiro atoms. The molecule has 1 aliphatic heterocycles. The molecule has 96 valence electrons. The van der Waals surface area contributed by atoms with Crippen molar-refractivity contribution in [3.05, 3.63) is 18.0 Å². The molecule has 1 fully saturated rings. The molecule has 1 aliphatic rings. The molecule has 1 saturated heterocycles. The first-order valence-electron chi connectivity index (χ1n) is 6.21. The molecule has 0 bridgehead atoms. The van der Waals surface area contributed by atoms with Gasteiger partial charge in [-0.15, -0.1) is 0 Å². The van der Waals surface area contributed by atoms with Crippen LogP contribution in [0.25, 0.3) is 0 Å². The smallest absolute Gasteiger partial charge is 0.105 e. The Bertz CT molecular complexity index is 358. The summed E-state index contributed by atoms with van der Waals surface area (Å²) in [5.41, 5.74) is 6.34. The first kappa shape index (κ1) is 12.5. The number of hydrogen-bond donors (Lipinski definition) is 2. The lowest BCUT2D eigenvalue weighted by atomic mass is 9.80. The number of aromatic nitrogens is 2. The molecule has 2 atom stereocenters. The zero-order valence-electron chi connectivity index (χ0n) is 10.3. The number of nitrogens with two attached hydrogens (primary N) is 1. The molecule has 2 unspecified atom stereocenters. The van der Waals surface area contributed by atoms with Gasteiger partial charge in [-0.2, -0.15) is 5.10 Å². The summed E-state index contributed by atoms with van der Waals surface area (Å²) >= 11 is 0. The van der Waals surface area contributed by atoms with E-state index in [0.29, 0.717) is 19.8 Å². The monoisotopic (exact) mass is 239 g/mol. The molecule has 1 aromatic heterocycles. The Labute approximate surface area is 102 Å². The largest absolute Gasteiger partial charge is 0.386 e. The van der Waals surface area contributed by atoms with Crippen LogP contribution in [0.5, 0.6) is 0 Å². The highest BCUT2D eigenvalue weighted by Crippen LogP contribution is 2.40. The van der Waals surface area contributed by atoms with Gasteiger partial charge in [0.05, 0.1) is 12.3 Å². The third-order valence-electron chi connectivity index (χ3n) is 3.59. The molecule has 0 aromatic carbocycles. The Kier molecular flexibility index (Phi) is 3.81. The molecule has 5 heteroatoms. The number of nitrogens with zero attached hydrogens (tertiary/aromatic N) is 2. The molecule has 2 heterocycles. The van der Waals surface area contributed by atoms with Crippen molar-refractivity contribution in [2.75, 3.05) is 19.8 Å². The third kappa shape index (κ3) is 2.22. The maximum absolute atomic E-state index is 10.5. The highest BCUT2D eigenvalue weighted by molar-refractivity contribution is 5.11. The highest BCUT2D eigenvalue weighted by atomic mass is 16.5. The summed E-state index contributed by atoms with van der Waals surface area (Å²) in [4.78, 5) is 0. The maximum atomic E-state index is 10.5. The van der Waals surface area contributed by atoms with Crippen LogP contribution < -0.4 is 5.73 Å². The van der Waals surface area contributed by atoms with Crippen LogP contribution >= 0.6 is 0 Å². The zero-order valence-corrected chi connectivity index (χ0v) is 10.3. The number of rotatable bonds is 5. The second-order valence-electron chi connectivity index (χ2n) is 4.75. The third-order valence-corrected chi connectivity index (χ3v) is 3.59. The predicted octanol–water partition coefficient (Wildman–Crippen LogP) is 0.692. The standard InChI is InChI=1S/C12H21N3O2/c1-2-6-15-10(3-5-14-15)11(16)12(8-13)4-7-17-9-12/h3,5,11,16H,2,4,6-9,13H2,1H3. The summed E-state index contributed by atoms with van der Waals surface area (Å²) < 4.78 is 7.26. The van der Waals surface area contributed by atoms with Crippen molar-refractivity contribution in [2.45, 2.75) is 32.4 Å². The van der Waals surface area contributed by atoms with E-state index in [1.807, 2.05) is 10.7 Å². The quantitative estimate of drug-likeness (QED) is 0.793. The summed E-state index contributed by atoms with van der Waals surface area (Å²) in [7, 11) is 0. The van der Waals surface area contributed by atoms with Crippen molar-refractivity contribution < 1.29 is 9.84 Å². The van der Waals surface area contributed by atoms with Gasteiger partial charge in [0, 0.05) is 31.3 Å². The van der Waals surface area contributed by atoms with Gasteiger partial charge in [-0.05, 0) is 18.9 Å². The van der Waals surface area contributed by atoms with Crippen LogP contribution in [0.1, 0.15) is 31.6 Å². The minimum absolute atomic E-state index is 0.342. The average Bonchev–Trinajstić information content (AvgIpc) is 2.97. The Morgan fingerprint density at radius 3 is 3.12 bits per heavy atom. The fraction of sp³-hybridized carbons (Fsp3) is 0.750. The van der Waals surface area contributed by atoms with Gasteiger partial charge in [-0.25, -0.2) is 0 Å². The van der Waals surface area contributed by atoms with Crippen LogP contribution in [0.4, 0.5) is 0 Å². The second kappa shape index (κ2) is 5.16. The van der Waals surface area contributed by atoms with E-state index >= 15 is 0 Å². The van der Waals surface area contributed by atoms with Crippen molar-refractivity contribution in [3.63, 3.8) is 0 Å². The molecule has 5 nitrogen and oxygen atoms in total. The van der Waals surface area contributed by atoms with Crippen LogP contribution in [-0.4, -0.2) is 34.6 Å². The molecular weight excluding hydrogens is 218 g/mol. The minimum atomic E-state index is -0.593. The molecule has 1 aromatic rings. The van der Waals surface area contributed by atoms with E-state index < -0.39 is 6.10 Å². The first-order valence-corrected chi connectivity index (χ1v) is 6.21. The topological polar surface area (TPSA) is 73.3 Å². The van der Waals surface area contributed by atoms with E-state index in [2.05, 4.69) is 12.0 Å². The van der Waals surface area contributed by atoms with Crippen molar-refractivity contribution in [2.24, 2.45) is 11.1 Å². The molecule has 0 saturated carbocycles. The van der Waals surface area contributed by atoms with E-state index in [1.54, 1.807) is 6.20 Å². The fourth-order valence-corrected chi connectivity index (χ4v) is 2.40. The minimum Gasteiger partial charge on any atom is -0.386 e. The van der Waals surface area contributed by atoms with E-state index in [9.17, 15) is 5.11 Å². The van der Waals surface area contributed by atoms with Crippen LogP contribution in [-0.2, 0) is 11.3 Å². The number of aliphatic hydroxyl groups is 1. The molecule has 0 aliphatic carbocycles. The van der Waals surface area contributed by atoms with Crippen LogP contribution in [0.15, 0.2) is 12.3 Å². The van der Waals surface area contributed by atoms with Crippen molar-refractivity contribution in [3.8, 4) is 0 Å². The lowest BCUT2D eigenvalue weighted by Gasteiger charge is -2.31. The number of aliphatic hydroxyl groups excluding tert-OH is 1. The van der Waals surface area contributed by atoms with Crippen LogP contribution in [0.2, 0.25) is 0 Å². The van der Waals surface area contributed by atoms with Gasteiger partial charge in [0.2, 0.25) is 0 Å². The molecule has 17 heavy (non-hydrogen) atoms. The number of ether oxygens (including phenoxy) is 1. The van der Waals surface area contributed by atoms with Gasteiger partial charge >= 0.3 is 0 Å². The number of hydrogen-bond acceptors (Lipinski definition) is 4. The van der Waals surface area contributed by atoms with E-state index in [-0.39, 0.29) is 5.41 Å². The van der Waals surface area contributed by atoms with E-state index in [0.717, 1.165) is 25.1 Å². The Morgan fingerprint density at radius 2 is 2.53 bits per heavy atom. The van der Waals surface area contributed by atoms with E-state index in [1.165, 1.54) is 0 Å². The SMILES string of the molecule is CCCn1nccc1C(O)C1(CN)CCOC1. The summed E-state index contributed by atoms with van der Waals surface area (Å²) in [6.07, 6.45) is 2.94. The van der Waals surface area contributed by atoms with Crippen LogP contribution in [0, 0.1) is 5.41 Å². The second-order valence-corrected chi connectivity index (χ2v) is 4.75. The van der Waals surface area contributed by atoms with E-state index in [4.69, 9.17) is 10.5 Å². The van der Waals surface area contributed by atoms with Crippen molar-refractivity contribution in [1.29, 1.82) is 0 Å². The lowest BCUT2D eigenvalue weighted by Crippen LogP contribution is -2.38. The van der Waals surface area contributed by atoms with Crippen LogP contribution in [0.3, 0.4) is 0 Å². The predicted molar refractivity (Wildman–Crippen MR) is 64.4 cm³/mol. The fourth-order valence-electron chi connectivity index (χ4n) is 2.40. The normalized spacial score (nSPS) is 26.3. The summed E-state index contributed by atoms with van der Waals surface area (Å²) in [6.45, 7) is 4.56. The lowest BCUT2D eigenvalue weighted by molar-refractivity contribution is 0.0131. The molecule has 0 radical (unpaired) electrons. The number of aryl methyl sites for hydroxylation is 1. The molecular formula is C12H21N3O2. The summed E-state index contributed by atoms with van der Waals surface area (Å²) in [6, 6.07) is 1.87. The molecule has 0 amide bonds. The van der Waals surface area contributed by atoms with Gasteiger partial charge in [0.15, 0.2) is 0 Å². The highest BCUT2D eigenvalue weighted by Gasteiger charge is 2.42. The van der Waals surface area contributed by atoms with Crippen molar-refractivity contribution >= 4 is 0 Å². The molecule has 2 rings (SSSR count). The van der Waals surface area contributed by atoms with Crippen molar-refractivity contribution in [1.82, 2.24) is 9.78 Å². The first-order chi connectivity index (χ1) is 8.23. The van der Waals surface area contributed by atoms with Gasteiger partial charge in [-0.1, -0.05) is 6.92 Å². The van der Waals surface area contributed by atoms with Gasteiger partial charge < -0.3 is 15.6 Å². The summed E-state index contributed by atoms with van der Waals surface area (Å²) in [5.74, 6) is 0. The molecule has 3 N–H and O–H groups in total. The van der Waals surface area contributed by atoms with Gasteiger partial charge in [0.25, 0.3) is 0 Å². The zero-order chi connectivity index (χ0) is 12.3. The summed E-state index contributed by atoms with van der Waals surface area (Å²) in [5, 5.41) is 14.8. The van der Waals surface area contributed by atoms with Gasteiger partial charge in [-0.3, -0.25) is 4.68 Å². The Morgan fingerprint density at radius 1 is 1.71 bits per heavy atom. The Balaban J connectivity index is 2.22. The Hall–Kier alpha value is -0.910. The average molecular weight is 239 g/mol. The van der Waals surface area contributed by atoms with Gasteiger partial charge in [0.1, 0.15) is 6.10 Å².